The van der Waals surface area contributed by atoms with Crippen molar-refractivity contribution in [2.45, 2.75) is 12.7 Å². The summed E-state index contributed by atoms with van der Waals surface area (Å²) in [5, 5.41) is 3.49. The van der Waals surface area contributed by atoms with Crippen LogP contribution in [0.1, 0.15) is 16.7 Å². The Morgan fingerprint density at radius 1 is 1.18 bits per heavy atom. The molecule has 0 fully saturated rings. The van der Waals surface area contributed by atoms with Crippen LogP contribution in [0.25, 0.3) is 22.6 Å². The zero-order valence-electron chi connectivity index (χ0n) is 15.0. The number of methoxy groups -OCH3 is 1. The molecule has 0 aliphatic carbocycles. The number of fused-ring (bicyclic) bond motifs is 2. The van der Waals surface area contributed by atoms with Crippen LogP contribution in [0, 0.1) is 0 Å². The number of anilines is 1. The molecule has 0 saturated carbocycles. The number of aromatic nitrogens is 1. The van der Waals surface area contributed by atoms with Gasteiger partial charge in [0, 0.05) is 53.1 Å². The Balaban J connectivity index is 1.80. The van der Waals surface area contributed by atoms with E-state index in [0.717, 1.165) is 28.6 Å². The minimum Gasteiger partial charge on any atom is -0.383 e. The number of alkyl halides is 3. The van der Waals surface area contributed by atoms with Gasteiger partial charge in [-0.05, 0) is 24.3 Å². The first-order valence-electron chi connectivity index (χ1n) is 8.70. The Morgan fingerprint density at radius 2 is 1.96 bits per heavy atom. The third-order valence-corrected chi connectivity index (χ3v) is 4.79. The lowest BCUT2D eigenvalue weighted by Crippen LogP contribution is -2.06. The van der Waals surface area contributed by atoms with Gasteiger partial charge in [-0.25, -0.2) is 0 Å². The molecule has 4 nitrogen and oxygen atoms in total. The lowest BCUT2D eigenvalue weighted by Gasteiger charge is -2.08. The quantitative estimate of drug-likeness (QED) is 0.655. The predicted molar refractivity (Wildman–Crippen MR) is 102 cm³/mol. The van der Waals surface area contributed by atoms with Gasteiger partial charge in [-0.1, -0.05) is 24.3 Å². The van der Waals surface area contributed by atoms with Crippen LogP contribution in [0.5, 0.6) is 0 Å². The van der Waals surface area contributed by atoms with Crippen molar-refractivity contribution in [1.82, 2.24) is 4.57 Å². The van der Waals surface area contributed by atoms with Gasteiger partial charge in [0.25, 0.3) is 5.91 Å². The number of benzene rings is 2. The number of para-hydroxylation sites is 1. The number of amides is 1. The second kappa shape index (κ2) is 6.83. The SMILES string of the molecule is COCCn1cc(/C=C2/C(=O)Nc3cc(C(F)(F)F)ccc32)c2ccccc21. The summed E-state index contributed by atoms with van der Waals surface area (Å²) in [5.74, 6) is -0.414. The maximum Gasteiger partial charge on any atom is 0.416 e. The number of hydrogen-bond donors (Lipinski definition) is 1. The number of carbonyl (C=O) groups excluding carboxylic acids is 1. The number of nitrogens with one attached hydrogen (secondary N) is 1. The van der Waals surface area contributed by atoms with Crippen LogP contribution in [0.2, 0.25) is 0 Å². The number of ether oxygens (including phenoxy) is 1. The van der Waals surface area contributed by atoms with Crippen molar-refractivity contribution in [3.05, 3.63) is 65.4 Å². The van der Waals surface area contributed by atoms with E-state index >= 15 is 0 Å². The zero-order chi connectivity index (χ0) is 19.9. The van der Waals surface area contributed by atoms with E-state index < -0.39 is 17.6 Å². The zero-order valence-corrected chi connectivity index (χ0v) is 15.0. The highest BCUT2D eigenvalue weighted by atomic mass is 19.4. The molecule has 0 spiro atoms. The summed E-state index contributed by atoms with van der Waals surface area (Å²) in [5.41, 5.74) is 2.02. The molecule has 0 atom stereocenters. The Labute approximate surface area is 159 Å². The Bertz CT molecular complexity index is 1100. The van der Waals surface area contributed by atoms with Gasteiger partial charge >= 0.3 is 6.18 Å². The summed E-state index contributed by atoms with van der Waals surface area (Å²) in [6.07, 6.45) is -0.812. The van der Waals surface area contributed by atoms with Gasteiger partial charge in [0.05, 0.1) is 12.2 Å². The van der Waals surface area contributed by atoms with E-state index in [1.165, 1.54) is 6.07 Å². The normalized spacial score (nSPS) is 15.3. The molecule has 1 amide bonds. The third-order valence-electron chi connectivity index (χ3n) is 4.79. The van der Waals surface area contributed by atoms with Crippen LogP contribution in [0.4, 0.5) is 18.9 Å². The molecule has 0 saturated heterocycles. The van der Waals surface area contributed by atoms with Crippen LogP contribution >= 0.6 is 0 Å². The molecule has 0 bridgehead atoms. The smallest absolute Gasteiger partial charge is 0.383 e. The second-order valence-electron chi connectivity index (χ2n) is 6.56. The van der Waals surface area contributed by atoms with E-state index in [1.54, 1.807) is 13.2 Å². The minimum absolute atomic E-state index is 0.175. The Kier molecular flexibility index (Phi) is 4.47. The van der Waals surface area contributed by atoms with Gasteiger partial charge in [-0.2, -0.15) is 13.2 Å². The number of halogens is 3. The molecule has 2 aromatic carbocycles. The van der Waals surface area contributed by atoms with E-state index in [0.29, 0.717) is 24.3 Å². The number of hydrogen-bond acceptors (Lipinski definition) is 2. The van der Waals surface area contributed by atoms with Gasteiger partial charge < -0.3 is 14.6 Å². The van der Waals surface area contributed by atoms with Crippen molar-refractivity contribution in [2.75, 3.05) is 19.0 Å². The van der Waals surface area contributed by atoms with Crippen molar-refractivity contribution in [1.29, 1.82) is 0 Å². The molecule has 1 aliphatic heterocycles. The van der Waals surface area contributed by atoms with Crippen molar-refractivity contribution in [3.63, 3.8) is 0 Å². The van der Waals surface area contributed by atoms with Gasteiger partial charge in [-0.3, -0.25) is 4.79 Å². The maximum absolute atomic E-state index is 12.9. The van der Waals surface area contributed by atoms with Gasteiger partial charge in [-0.15, -0.1) is 0 Å². The molecule has 0 unspecified atom stereocenters. The van der Waals surface area contributed by atoms with Crippen LogP contribution in [-0.4, -0.2) is 24.2 Å². The van der Waals surface area contributed by atoms with Gasteiger partial charge in [0.2, 0.25) is 0 Å². The molecule has 1 aliphatic rings. The molecule has 0 radical (unpaired) electrons. The van der Waals surface area contributed by atoms with Crippen LogP contribution < -0.4 is 5.32 Å². The first kappa shape index (κ1) is 18.3. The van der Waals surface area contributed by atoms with E-state index in [2.05, 4.69) is 5.32 Å². The predicted octanol–water partition coefficient (Wildman–Crippen LogP) is 4.80. The van der Waals surface area contributed by atoms with Crippen molar-refractivity contribution in [2.24, 2.45) is 0 Å². The van der Waals surface area contributed by atoms with Crippen molar-refractivity contribution in [3.8, 4) is 0 Å². The van der Waals surface area contributed by atoms with Crippen LogP contribution in [0.3, 0.4) is 0 Å². The highest BCUT2D eigenvalue weighted by Gasteiger charge is 2.33. The molecule has 2 heterocycles. The average Bonchev–Trinajstić information content (AvgIpc) is 3.17. The summed E-state index contributed by atoms with van der Waals surface area (Å²) in [6, 6.07) is 11.1. The van der Waals surface area contributed by atoms with Gasteiger partial charge in [0.1, 0.15) is 0 Å². The summed E-state index contributed by atoms with van der Waals surface area (Å²) < 4.78 is 46.0. The average molecular weight is 386 g/mol. The molecule has 7 heteroatoms. The van der Waals surface area contributed by atoms with Crippen LogP contribution in [-0.2, 0) is 22.3 Å². The van der Waals surface area contributed by atoms with E-state index in [-0.39, 0.29) is 5.69 Å². The summed E-state index contributed by atoms with van der Waals surface area (Å²) in [7, 11) is 1.63. The number of rotatable bonds is 4. The molecule has 28 heavy (non-hydrogen) atoms. The topological polar surface area (TPSA) is 43.3 Å². The summed E-state index contributed by atoms with van der Waals surface area (Å²) >= 11 is 0. The molecule has 144 valence electrons. The fraction of sp³-hybridized carbons (Fsp3) is 0.190. The lowest BCUT2D eigenvalue weighted by atomic mass is 10.0. The van der Waals surface area contributed by atoms with Gasteiger partial charge in [0.15, 0.2) is 0 Å². The van der Waals surface area contributed by atoms with E-state index in [9.17, 15) is 18.0 Å². The maximum atomic E-state index is 12.9. The molecule has 1 N–H and O–H groups in total. The monoisotopic (exact) mass is 386 g/mol. The number of nitrogens with zero attached hydrogens (tertiary/aromatic N) is 1. The lowest BCUT2D eigenvalue weighted by molar-refractivity contribution is -0.137. The molecule has 3 aromatic rings. The second-order valence-corrected chi connectivity index (χ2v) is 6.56. The van der Waals surface area contributed by atoms with E-state index in [4.69, 9.17) is 4.74 Å². The van der Waals surface area contributed by atoms with Crippen LogP contribution in [0.15, 0.2) is 48.7 Å². The molecular weight excluding hydrogens is 369 g/mol. The minimum atomic E-state index is -4.46. The largest absolute Gasteiger partial charge is 0.416 e. The first-order valence-corrected chi connectivity index (χ1v) is 8.70. The van der Waals surface area contributed by atoms with E-state index in [1.807, 2.05) is 35.0 Å². The standard InChI is InChI=1S/C21H17F3N2O2/c1-28-9-8-26-12-13(15-4-2-3-5-19(15)26)10-17-16-7-6-14(21(22,23)24)11-18(16)25-20(17)27/h2-7,10-12H,8-9H2,1H3,(H,25,27)/b17-10+. The third kappa shape index (κ3) is 3.18. The molecule has 1 aromatic heterocycles. The summed E-state index contributed by atoms with van der Waals surface area (Å²) in [6.45, 7) is 1.19. The Hall–Kier alpha value is -3.06. The molecular formula is C21H17F3N2O2. The Morgan fingerprint density at radius 3 is 2.71 bits per heavy atom. The fourth-order valence-corrected chi connectivity index (χ4v) is 3.43. The van der Waals surface area contributed by atoms with Crippen molar-refractivity contribution >= 4 is 34.1 Å². The first-order chi connectivity index (χ1) is 13.4. The summed E-state index contributed by atoms with van der Waals surface area (Å²) in [4.78, 5) is 12.4. The molecule has 4 rings (SSSR count). The highest BCUT2D eigenvalue weighted by molar-refractivity contribution is 6.35. The fourth-order valence-electron chi connectivity index (χ4n) is 3.43. The van der Waals surface area contributed by atoms with Crippen molar-refractivity contribution < 1.29 is 22.7 Å². The highest BCUT2D eigenvalue weighted by Crippen LogP contribution is 2.39. The number of carbonyl (C=O) groups is 1.